The van der Waals surface area contributed by atoms with Gasteiger partial charge in [-0.2, -0.15) is 0 Å². The Morgan fingerprint density at radius 2 is 1.89 bits per heavy atom. The average molecular weight is 402 g/mol. The number of nitrogens with one attached hydrogen (secondary N) is 2. The number of amides is 2. The predicted molar refractivity (Wildman–Crippen MR) is 112 cm³/mol. The van der Waals surface area contributed by atoms with Crippen molar-refractivity contribution >= 4 is 28.3 Å². The first kappa shape index (κ1) is 20.4. The van der Waals surface area contributed by atoms with E-state index in [9.17, 15) is 9.59 Å². The summed E-state index contributed by atoms with van der Waals surface area (Å²) in [5.41, 5.74) is 1.84. The van der Waals surface area contributed by atoms with Crippen molar-refractivity contribution in [2.75, 3.05) is 51.6 Å². The monoisotopic (exact) mass is 401 g/mol. The van der Waals surface area contributed by atoms with Crippen molar-refractivity contribution in [3.63, 3.8) is 0 Å². The first-order valence-electron chi connectivity index (χ1n) is 9.54. The maximum absolute atomic E-state index is 12.3. The van der Waals surface area contributed by atoms with Gasteiger partial charge in [-0.25, -0.2) is 4.98 Å². The Morgan fingerprint density at radius 1 is 1.14 bits per heavy atom. The van der Waals surface area contributed by atoms with Crippen LogP contribution >= 0.6 is 11.3 Å². The van der Waals surface area contributed by atoms with E-state index in [1.54, 1.807) is 11.4 Å². The Hall–Kier alpha value is -2.29. The lowest BCUT2D eigenvalue weighted by Gasteiger charge is -2.32. The number of carbonyl (C=O) groups is 2. The highest BCUT2D eigenvalue weighted by Crippen LogP contribution is 2.17. The van der Waals surface area contributed by atoms with E-state index < -0.39 is 0 Å². The number of aryl methyl sites for hydroxylation is 1. The van der Waals surface area contributed by atoms with E-state index in [-0.39, 0.29) is 11.8 Å². The first-order valence-corrected chi connectivity index (χ1v) is 10.4. The summed E-state index contributed by atoms with van der Waals surface area (Å²) in [6.45, 7) is 7.86. The smallest absolute Gasteiger partial charge is 0.270 e. The number of benzene rings is 1. The summed E-state index contributed by atoms with van der Waals surface area (Å²) in [7, 11) is 2.14. The van der Waals surface area contributed by atoms with Crippen LogP contribution in [-0.2, 0) is 0 Å². The van der Waals surface area contributed by atoms with Crippen molar-refractivity contribution in [1.29, 1.82) is 0 Å². The highest BCUT2D eigenvalue weighted by Gasteiger charge is 2.15. The standard InChI is InChI=1S/C20H27N5O2S/c1-15-6-3-4-7-16(15)18(26)23-20-22-17(14-28-20)19(27)21-8-5-9-25-12-10-24(2)11-13-25/h3-4,6-7,14H,5,8-13H2,1-2H3,(H,21,27)(H,22,23,26). The summed E-state index contributed by atoms with van der Waals surface area (Å²) in [5, 5.41) is 7.77. The molecule has 8 heteroatoms. The molecule has 0 aliphatic carbocycles. The molecule has 1 fully saturated rings. The highest BCUT2D eigenvalue weighted by atomic mass is 32.1. The van der Waals surface area contributed by atoms with Gasteiger partial charge in [0.25, 0.3) is 11.8 Å². The van der Waals surface area contributed by atoms with Gasteiger partial charge in [0.2, 0.25) is 0 Å². The van der Waals surface area contributed by atoms with Crippen molar-refractivity contribution < 1.29 is 9.59 Å². The van der Waals surface area contributed by atoms with Crippen LogP contribution in [0.5, 0.6) is 0 Å². The van der Waals surface area contributed by atoms with Crippen molar-refractivity contribution in [3.05, 3.63) is 46.5 Å². The molecule has 1 saturated heterocycles. The number of thiazole rings is 1. The number of nitrogens with zero attached hydrogens (tertiary/aromatic N) is 3. The van der Waals surface area contributed by atoms with Crippen LogP contribution in [0.25, 0.3) is 0 Å². The number of likely N-dealkylation sites (N-methyl/N-ethyl adjacent to an activating group) is 1. The van der Waals surface area contributed by atoms with Crippen LogP contribution in [0.3, 0.4) is 0 Å². The zero-order valence-corrected chi connectivity index (χ0v) is 17.2. The second-order valence-corrected chi connectivity index (χ2v) is 7.92. The van der Waals surface area contributed by atoms with Crippen LogP contribution in [0.15, 0.2) is 29.6 Å². The maximum atomic E-state index is 12.3. The van der Waals surface area contributed by atoms with Crippen molar-refractivity contribution in [3.8, 4) is 0 Å². The predicted octanol–water partition coefficient (Wildman–Crippen LogP) is 2.07. The van der Waals surface area contributed by atoms with E-state index >= 15 is 0 Å². The summed E-state index contributed by atoms with van der Waals surface area (Å²) in [5.74, 6) is -0.419. The lowest BCUT2D eigenvalue weighted by Crippen LogP contribution is -2.45. The van der Waals surface area contributed by atoms with E-state index in [0.29, 0.717) is 22.9 Å². The molecule has 2 aromatic rings. The van der Waals surface area contributed by atoms with Gasteiger partial charge >= 0.3 is 0 Å². The molecule has 0 bridgehead atoms. The van der Waals surface area contributed by atoms with Gasteiger partial charge in [-0.05, 0) is 38.6 Å². The molecule has 1 aliphatic rings. The van der Waals surface area contributed by atoms with Crippen molar-refractivity contribution in [2.45, 2.75) is 13.3 Å². The van der Waals surface area contributed by atoms with Gasteiger partial charge in [0.05, 0.1) is 0 Å². The summed E-state index contributed by atoms with van der Waals surface area (Å²) in [6, 6.07) is 7.37. The molecular weight excluding hydrogens is 374 g/mol. The molecule has 2 N–H and O–H groups in total. The molecule has 7 nitrogen and oxygen atoms in total. The quantitative estimate of drug-likeness (QED) is 0.695. The summed E-state index contributed by atoms with van der Waals surface area (Å²) in [6.07, 6.45) is 0.913. The molecule has 1 aromatic heterocycles. The Kier molecular flexibility index (Phi) is 7.13. The normalized spacial score (nSPS) is 15.4. The number of hydrogen-bond donors (Lipinski definition) is 2. The summed E-state index contributed by atoms with van der Waals surface area (Å²) in [4.78, 5) is 33.6. The number of carbonyl (C=O) groups excluding carboxylic acids is 2. The van der Waals surface area contributed by atoms with E-state index in [4.69, 9.17) is 0 Å². The minimum Gasteiger partial charge on any atom is -0.351 e. The second kappa shape index (κ2) is 9.77. The Balaban J connectivity index is 1.42. The summed E-state index contributed by atoms with van der Waals surface area (Å²) < 4.78 is 0. The van der Waals surface area contributed by atoms with E-state index in [2.05, 4.69) is 32.5 Å². The molecular formula is C20H27N5O2S. The minimum absolute atomic E-state index is 0.203. The van der Waals surface area contributed by atoms with Crippen LogP contribution in [0.1, 0.15) is 32.8 Å². The lowest BCUT2D eigenvalue weighted by atomic mass is 10.1. The third-order valence-electron chi connectivity index (χ3n) is 4.88. The first-order chi connectivity index (χ1) is 13.5. The van der Waals surface area contributed by atoms with Crippen LogP contribution in [0.4, 0.5) is 5.13 Å². The number of rotatable bonds is 7. The van der Waals surface area contributed by atoms with Gasteiger partial charge in [0.1, 0.15) is 5.69 Å². The Labute approximate surface area is 169 Å². The molecule has 28 heavy (non-hydrogen) atoms. The molecule has 3 rings (SSSR count). The molecule has 0 atom stereocenters. The van der Waals surface area contributed by atoms with E-state index in [0.717, 1.165) is 44.7 Å². The van der Waals surface area contributed by atoms with Crippen LogP contribution in [0, 0.1) is 6.92 Å². The number of piperazine rings is 1. The van der Waals surface area contributed by atoms with E-state index in [1.165, 1.54) is 11.3 Å². The second-order valence-electron chi connectivity index (χ2n) is 7.06. The fourth-order valence-corrected chi connectivity index (χ4v) is 3.78. The van der Waals surface area contributed by atoms with Crippen LogP contribution in [0.2, 0.25) is 0 Å². The number of hydrogen-bond acceptors (Lipinski definition) is 6. The molecule has 0 spiro atoms. The fraction of sp³-hybridized carbons (Fsp3) is 0.450. The zero-order valence-electron chi connectivity index (χ0n) is 16.4. The van der Waals surface area contributed by atoms with Crippen molar-refractivity contribution in [2.24, 2.45) is 0 Å². The fourth-order valence-electron chi connectivity index (χ4n) is 3.09. The minimum atomic E-state index is -0.216. The van der Waals surface area contributed by atoms with Crippen LogP contribution in [-0.4, -0.2) is 72.9 Å². The maximum Gasteiger partial charge on any atom is 0.270 e. The third-order valence-corrected chi connectivity index (χ3v) is 5.64. The molecule has 0 radical (unpaired) electrons. The summed E-state index contributed by atoms with van der Waals surface area (Å²) >= 11 is 1.25. The Morgan fingerprint density at radius 3 is 2.64 bits per heavy atom. The molecule has 0 saturated carbocycles. The van der Waals surface area contributed by atoms with Gasteiger partial charge < -0.3 is 15.1 Å². The zero-order chi connectivity index (χ0) is 19.9. The van der Waals surface area contributed by atoms with Gasteiger partial charge in [-0.1, -0.05) is 18.2 Å². The molecule has 1 aromatic carbocycles. The Bertz CT molecular complexity index is 814. The largest absolute Gasteiger partial charge is 0.351 e. The van der Waals surface area contributed by atoms with Gasteiger partial charge in [0.15, 0.2) is 5.13 Å². The van der Waals surface area contributed by atoms with E-state index in [1.807, 2.05) is 25.1 Å². The SMILES string of the molecule is Cc1ccccc1C(=O)Nc1nc(C(=O)NCCCN2CCN(C)CC2)cs1. The average Bonchev–Trinajstić information content (AvgIpc) is 3.15. The molecule has 2 amide bonds. The molecule has 1 aliphatic heterocycles. The van der Waals surface area contributed by atoms with Crippen LogP contribution < -0.4 is 10.6 Å². The molecule has 2 heterocycles. The molecule has 0 unspecified atom stereocenters. The topological polar surface area (TPSA) is 77.6 Å². The van der Waals surface area contributed by atoms with Gasteiger partial charge in [-0.3, -0.25) is 14.9 Å². The molecule has 150 valence electrons. The lowest BCUT2D eigenvalue weighted by molar-refractivity contribution is 0.0943. The third kappa shape index (κ3) is 5.60. The van der Waals surface area contributed by atoms with Crippen molar-refractivity contribution in [1.82, 2.24) is 20.1 Å². The highest BCUT2D eigenvalue weighted by molar-refractivity contribution is 7.14. The van der Waals surface area contributed by atoms with Gasteiger partial charge in [0, 0.05) is 43.7 Å². The number of aromatic nitrogens is 1. The number of anilines is 1. The van der Waals surface area contributed by atoms with Gasteiger partial charge in [-0.15, -0.1) is 11.3 Å².